The minimum absolute atomic E-state index is 0.199. The lowest BCUT2D eigenvalue weighted by atomic mass is 10.0. The van der Waals surface area contributed by atoms with E-state index < -0.39 is 0 Å². The van der Waals surface area contributed by atoms with Crippen molar-refractivity contribution >= 4 is 21.5 Å². The molecule has 0 bridgehead atoms. The average molecular weight is 631 g/mol. The molecule has 0 fully saturated rings. The van der Waals surface area contributed by atoms with Gasteiger partial charge in [0.1, 0.15) is 5.75 Å². The van der Waals surface area contributed by atoms with E-state index >= 15 is 0 Å². The summed E-state index contributed by atoms with van der Waals surface area (Å²) in [6.45, 7) is 0.415. The zero-order valence-corrected chi connectivity index (χ0v) is 26.0. The fourth-order valence-electron chi connectivity index (χ4n) is 6.07. The largest absolute Gasteiger partial charge is 0.493 e. The van der Waals surface area contributed by atoms with Gasteiger partial charge in [-0.3, -0.25) is 9.97 Å². The van der Waals surface area contributed by atoms with E-state index in [0.29, 0.717) is 47.3 Å². The van der Waals surface area contributed by atoms with Crippen LogP contribution in [0.2, 0.25) is 0 Å². The summed E-state index contributed by atoms with van der Waals surface area (Å²) in [5, 5.41) is 4.00. The molecule has 0 radical (unpaired) electrons. The summed E-state index contributed by atoms with van der Waals surface area (Å²) in [7, 11) is 4.83. The molecule has 0 N–H and O–H groups in total. The molecule has 0 aliphatic carbocycles. The van der Waals surface area contributed by atoms with Gasteiger partial charge in [0.15, 0.2) is 46.0 Å². The fourth-order valence-corrected chi connectivity index (χ4v) is 6.07. The van der Waals surface area contributed by atoms with Crippen molar-refractivity contribution in [2.75, 3.05) is 34.9 Å². The Morgan fingerprint density at radius 3 is 1.68 bits per heavy atom. The van der Waals surface area contributed by atoms with Gasteiger partial charge in [0.25, 0.3) is 0 Å². The third kappa shape index (κ3) is 5.27. The van der Waals surface area contributed by atoms with Crippen molar-refractivity contribution < 1.29 is 37.9 Å². The van der Waals surface area contributed by atoms with Gasteiger partial charge in [-0.25, -0.2) is 0 Å². The predicted octanol–water partition coefficient (Wildman–Crippen LogP) is 7.24. The van der Waals surface area contributed by atoms with E-state index in [0.717, 1.165) is 61.3 Å². The number of hydrogen-bond donors (Lipinski definition) is 0. The Bertz CT molecular complexity index is 2170. The Morgan fingerprint density at radius 1 is 0.532 bits per heavy atom. The van der Waals surface area contributed by atoms with Gasteiger partial charge < -0.3 is 37.9 Å². The molecule has 4 aromatic carbocycles. The second-order valence-electron chi connectivity index (χ2n) is 11.1. The minimum Gasteiger partial charge on any atom is -0.493 e. The van der Waals surface area contributed by atoms with Crippen molar-refractivity contribution in [1.29, 1.82) is 0 Å². The minimum atomic E-state index is 0.199. The van der Waals surface area contributed by atoms with E-state index in [9.17, 15) is 0 Å². The molecule has 0 unspecified atom stereocenters. The van der Waals surface area contributed by atoms with Gasteiger partial charge in [0, 0.05) is 47.6 Å². The third-order valence-electron chi connectivity index (χ3n) is 8.42. The Hall–Kier alpha value is -5.90. The molecule has 236 valence electrons. The number of rotatable bonds is 9. The van der Waals surface area contributed by atoms with E-state index in [4.69, 9.17) is 47.9 Å². The van der Waals surface area contributed by atoms with Gasteiger partial charge in [-0.15, -0.1) is 0 Å². The lowest BCUT2D eigenvalue weighted by Gasteiger charge is -2.18. The Morgan fingerprint density at radius 2 is 1.09 bits per heavy atom. The maximum atomic E-state index is 6.67. The molecule has 10 nitrogen and oxygen atoms in total. The first kappa shape index (κ1) is 28.6. The molecule has 2 aliphatic rings. The smallest absolute Gasteiger partial charge is 0.231 e. The first-order valence-corrected chi connectivity index (χ1v) is 15.0. The van der Waals surface area contributed by atoms with Crippen molar-refractivity contribution in [2.24, 2.45) is 0 Å². The lowest BCUT2D eigenvalue weighted by Crippen LogP contribution is -2.01. The number of fused-ring (bicyclic) bond motifs is 4. The SMILES string of the molecule is COc1cc(Cc2nccc3cc4c(cc23)OCO4)c(Oc2cc(Cc3nccc4cc5c(cc34)OCO5)ccc2OC)cc1OC. The summed E-state index contributed by atoms with van der Waals surface area (Å²) in [5.74, 6) is 5.71. The van der Waals surface area contributed by atoms with Crippen LogP contribution in [0.3, 0.4) is 0 Å². The van der Waals surface area contributed by atoms with Crippen LogP contribution in [0.25, 0.3) is 21.5 Å². The number of pyridine rings is 2. The van der Waals surface area contributed by atoms with Gasteiger partial charge in [-0.2, -0.15) is 0 Å². The van der Waals surface area contributed by atoms with Crippen molar-refractivity contribution in [3.63, 3.8) is 0 Å². The number of aromatic nitrogens is 2. The van der Waals surface area contributed by atoms with Gasteiger partial charge in [0.2, 0.25) is 13.6 Å². The van der Waals surface area contributed by atoms with Crippen molar-refractivity contribution in [2.45, 2.75) is 12.8 Å². The van der Waals surface area contributed by atoms with E-state index in [1.165, 1.54) is 0 Å². The van der Waals surface area contributed by atoms with Crippen LogP contribution in [0.5, 0.6) is 51.7 Å². The van der Waals surface area contributed by atoms with E-state index in [2.05, 4.69) is 0 Å². The maximum Gasteiger partial charge on any atom is 0.231 e. The second kappa shape index (κ2) is 11.8. The zero-order valence-electron chi connectivity index (χ0n) is 26.0. The molecule has 0 saturated heterocycles. The van der Waals surface area contributed by atoms with Crippen LogP contribution in [-0.4, -0.2) is 44.9 Å². The van der Waals surface area contributed by atoms with Crippen LogP contribution >= 0.6 is 0 Å². The topological polar surface area (TPSA) is 99.6 Å². The van der Waals surface area contributed by atoms with Gasteiger partial charge in [-0.05, 0) is 70.9 Å². The van der Waals surface area contributed by atoms with Crippen molar-refractivity contribution in [3.8, 4) is 51.7 Å². The normalized spacial score (nSPS) is 12.8. The Kier molecular flexibility index (Phi) is 7.17. The summed E-state index contributed by atoms with van der Waals surface area (Å²) >= 11 is 0. The molecule has 0 amide bonds. The quantitative estimate of drug-likeness (QED) is 0.163. The fraction of sp³-hybridized carbons (Fsp3) is 0.189. The number of methoxy groups -OCH3 is 3. The van der Waals surface area contributed by atoms with Gasteiger partial charge in [0.05, 0.1) is 32.7 Å². The molecule has 10 heteroatoms. The summed E-state index contributed by atoms with van der Waals surface area (Å²) < 4.78 is 46.2. The summed E-state index contributed by atoms with van der Waals surface area (Å²) in [6.07, 6.45) is 4.62. The average Bonchev–Trinajstić information content (AvgIpc) is 3.76. The van der Waals surface area contributed by atoms with Crippen LogP contribution < -0.4 is 37.9 Å². The second-order valence-corrected chi connectivity index (χ2v) is 11.1. The third-order valence-corrected chi connectivity index (χ3v) is 8.42. The number of hydrogen-bond acceptors (Lipinski definition) is 10. The van der Waals surface area contributed by atoms with Crippen LogP contribution in [0, 0.1) is 0 Å². The van der Waals surface area contributed by atoms with E-state index in [1.807, 2.05) is 72.9 Å². The van der Waals surface area contributed by atoms with Gasteiger partial charge >= 0.3 is 0 Å². The number of ether oxygens (including phenoxy) is 8. The number of nitrogens with zero attached hydrogens (tertiary/aromatic N) is 2. The highest BCUT2D eigenvalue weighted by Gasteiger charge is 2.21. The molecular weight excluding hydrogens is 600 g/mol. The molecule has 2 aromatic heterocycles. The number of benzene rings is 4. The van der Waals surface area contributed by atoms with E-state index in [-0.39, 0.29) is 13.6 Å². The molecule has 6 aromatic rings. The molecule has 0 spiro atoms. The molecule has 2 aliphatic heterocycles. The standard InChI is InChI=1S/C37H30N2O8/c1-40-29-5-4-21(10-27-25-16-35-33(43-19-45-35)13-22(25)6-8-38-27)11-37(29)47-30-18-32(42-3)31(41-2)15-24(30)12-28-26-17-36-34(44-20-46-36)14-23(26)7-9-39-28/h4-9,11,13-18H,10,12,19-20H2,1-3H3. The van der Waals surface area contributed by atoms with Crippen LogP contribution in [0.1, 0.15) is 22.5 Å². The predicted molar refractivity (Wildman–Crippen MR) is 174 cm³/mol. The Balaban J connectivity index is 1.17. The summed E-state index contributed by atoms with van der Waals surface area (Å²) in [5.41, 5.74) is 3.60. The zero-order chi connectivity index (χ0) is 31.9. The van der Waals surface area contributed by atoms with Crippen molar-refractivity contribution in [1.82, 2.24) is 9.97 Å². The van der Waals surface area contributed by atoms with Gasteiger partial charge in [-0.1, -0.05) is 6.07 Å². The molecule has 47 heavy (non-hydrogen) atoms. The summed E-state index contributed by atoms with van der Waals surface area (Å²) in [4.78, 5) is 9.45. The highest BCUT2D eigenvalue weighted by atomic mass is 16.7. The highest BCUT2D eigenvalue weighted by molar-refractivity contribution is 5.89. The van der Waals surface area contributed by atoms with Crippen LogP contribution in [0.15, 0.2) is 79.1 Å². The highest BCUT2D eigenvalue weighted by Crippen LogP contribution is 2.43. The molecule has 4 heterocycles. The van der Waals surface area contributed by atoms with E-state index in [1.54, 1.807) is 27.5 Å². The molecular formula is C37H30N2O8. The summed E-state index contributed by atoms with van der Waals surface area (Å²) in [6, 6.07) is 21.5. The molecule has 0 saturated carbocycles. The first-order chi connectivity index (χ1) is 23.1. The lowest BCUT2D eigenvalue weighted by molar-refractivity contribution is 0.173. The first-order valence-electron chi connectivity index (χ1n) is 15.0. The molecule has 8 rings (SSSR count). The van der Waals surface area contributed by atoms with Crippen LogP contribution in [0.4, 0.5) is 0 Å². The van der Waals surface area contributed by atoms with Crippen LogP contribution in [-0.2, 0) is 12.8 Å². The maximum absolute atomic E-state index is 6.67. The monoisotopic (exact) mass is 630 g/mol. The Labute approximate surface area is 270 Å². The van der Waals surface area contributed by atoms with Crippen molar-refractivity contribution in [3.05, 3.63) is 102 Å². The molecule has 0 atom stereocenters.